The van der Waals surface area contributed by atoms with E-state index in [9.17, 15) is 13.6 Å². The molecule has 1 aromatic rings. The van der Waals surface area contributed by atoms with Crippen LogP contribution in [0.5, 0.6) is 5.75 Å². The zero-order valence-electron chi connectivity index (χ0n) is 8.37. The van der Waals surface area contributed by atoms with Crippen LogP contribution in [0, 0.1) is 17.6 Å². The van der Waals surface area contributed by atoms with E-state index in [2.05, 4.69) is 4.99 Å². The second-order valence-electron chi connectivity index (χ2n) is 3.70. The highest BCUT2D eigenvalue weighted by molar-refractivity contribution is 5.51. The molecule has 0 radical (unpaired) electrons. The number of benzene rings is 1. The Kier molecular flexibility index (Phi) is 2.97. The second kappa shape index (κ2) is 4.41. The maximum atomic E-state index is 13.4. The predicted molar refractivity (Wildman–Crippen MR) is 52.4 cm³/mol. The van der Waals surface area contributed by atoms with Gasteiger partial charge in [-0.2, -0.15) is 4.99 Å². The van der Waals surface area contributed by atoms with Crippen LogP contribution in [0.25, 0.3) is 0 Å². The van der Waals surface area contributed by atoms with Gasteiger partial charge < -0.3 is 4.74 Å². The van der Waals surface area contributed by atoms with Crippen molar-refractivity contribution in [3.63, 3.8) is 0 Å². The third-order valence-electron chi connectivity index (χ3n) is 2.32. The van der Waals surface area contributed by atoms with E-state index in [1.54, 1.807) is 0 Å². The standard InChI is InChI=1S/C11H9F2NO2/c12-9-3-8(14-6-15)4-10(13)11(9)16-5-7-1-2-7/h3-4,7H,1-2,5H2. The van der Waals surface area contributed by atoms with Gasteiger partial charge in [0.05, 0.1) is 12.3 Å². The molecule has 1 aliphatic rings. The Morgan fingerprint density at radius 3 is 2.50 bits per heavy atom. The van der Waals surface area contributed by atoms with Crippen molar-refractivity contribution in [2.75, 3.05) is 6.61 Å². The van der Waals surface area contributed by atoms with E-state index in [4.69, 9.17) is 4.74 Å². The van der Waals surface area contributed by atoms with E-state index < -0.39 is 17.4 Å². The molecule has 16 heavy (non-hydrogen) atoms. The molecule has 1 saturated carbocycles. The normalized spacial score (nSPS) is 14.4. The highest BCUT2D eigenvalue weighted by Crippen LogP contribution is 2.32. The number of carbonyl (C=O) groups excluding carboxylic acids is 1. The Balaban J connectivity index is 2.19. The third-order valence-corrected chi connectivity index (χ3v) is 2.32. The Hall–Kier alpha value is -1.74. The SMILES string of the molecule is O=C=Nc1cc(F)c(OCC2CC2)c(F)c1. The van der Waals surface area contributed by atoms with Crippen molar-refractivity contribution in [3.8, 4) is 5.75 Å². The van der Waals surface area contributed by atoms with E-state index in [1.807, 2.05) is 0 Å². The van der Waals surface area contributed by atoms with Crippen LogP contribution >= 0.6 is 0 Å². The molecule has 5 heteroatoms. The van der Waals surface area contributed by atoms with E-state index >= 15 is 0 Å². The number of halogens is 2. The number of hydrogen-bond acceptors (Lipinski definition) is 3. The molecular weight excluding hydrogens is 216 g/mol. The summed E-state index contributed by atoms with van der Waals surface area (Å²) >= 11 is 0. The molecule has 1 fully saturated rings. The topological polar surface area (TPSA) is 38.7 Å². The van der Waals surface area contributed by atoms with Gasteiger partial charge in [-0.15, -0.1) is 0 Å². The van der Waals surface area contributed by atoms with Crippen LogP contribution in [0.4, 0.5) is 14.5 Å². The van der Waals surface area contributed by atoms with Crippen LogP contribution in [0.3, 0.4) is 0 Å². The van der Waals surface area contributed by atoms with Crippen molar-refractivity contribution in [3.05, 3.63) is 23.8 Å². The van der Waals surface area contributed by atoms with Crippen LogP contribution < -0.4 is 4.74 Å². The predicted octanol–water partition coefficient (Wildman–Crippen LogP) is 2.72. The van der Waals surface area contributed by atoms with Gasteiger partial charge in [0.2, 0.25) is 6.08 Å². The fourth-order valence-electron chi connectivity index (χ4n) is 1.29. The molecule has 0 bridgehead atoms. The number of ether oxygens (including phenoxy) is 1. The quantitative estimate of drug-likeness (QED) is 0.583. The maximum absolute atomic E-state index is 13.4. The summed E-state index contributed by atoms with van der Waals surface area (Å²) in [6.45, 7) is 0.324. The Morgan fingerprint density at radius 2 is 2.00 bits per heavy atom. The molecule has 0 aromatic heterocycles. The minimum Gasteiger partial charge on any atom is -0.487 e. The molecule has 0 heterocycles. The molecule has 2 rings (SSSR count). The molecule has 0 unspecified atom stereocenters. The zero-order chi connectivity index (χ0) is 11.5. The summed E-state index contributed by atoms with van der Waals surface area (Å²) in [5.74, 6) is -1.70. The van der Waals surface area contributed by atoms with E-state index in [-0.39, 0.29) is 5.69 Å². The lowest BCUT2D eigenvalue weighted by Gasteiger charge is -2.07. The van der Waals surface area contributed by atoms with Crippen molar-refractivity contribution >= 4 is 11.8 Å². The summed E-state index contributed by atoms with van der Waals surface area (Å²) in [6.07, 6.45) is 3.30. The summed E-state index contributed by atoms with van der Waals surface area (Å²) < 4.78 is 31.7. The average Bonchev–Trinajstić information content (AvgIpc) is 3.00. The largest absolute Gasteiger partial charge is 0.487 e. The van der Waals surface area contributed by atoms with Crippen molar-refractivity contribution in [2.45, 2.75) is 12.8 Å². The van der Waals surface area contributed by atoms with Gasteiger partial charge in [-0.1, -0.05) is 0 Å². The van der Waals surface area contributed by atoms with Crippen LogP contribution in [-0.4, -0.2) is 12.7 Å². The summed E-state index contributed by atoms with van der Waals surface area (Å²) in [7, 11) is 0. The molecular formula is C11H9F2NO2. The van der Waals surface area contributed by atoms with Gasteiger partial charge in [0.15, 0.2) is 17.4 Å². The van der Waals surface area contributed by atoms with Crippen LogP contribution in [0.2, 0.25) is 0 Å². The summed E-state index contributed by atoms with van der Waals surface area (Å²) in [6, 6.07) is 1.88. The van der Waals surface area contributed by atoms with E-state index in [1.165, 1.54) is 6.08 Å². The Bertz CT molecular complexity index is 428. The Morgan fingerprint density at radius 1 is 1.38 bits per heavy atom. The van der Waals surface area contributed by atoms with Gasteiger partial charge in [-0.25, -0.2) is 13.6 Å². The first-order valence-corrected chi connectivity index (χ1v) is 4.90. The van der Waals surface area contributed by atoms with Gasteiger partial charge in [0.1, 0.15) is 0 Å². The van der Waals surface area contributed by atoms with Crippen molar-refractivity contribution in [1.29, 1.82) is 0 Å². The molecule has 0 N–H and O–H groups in total. The van der Waals surface area contributed by atoms with Gasteiger partial charge in [-0.3, -0.25) is 0 Å². The molecule has 84 valence electrons. The van der Waals surface area contributed by atoms with Crippen molar-refractivity contribution < 1.29 is 18.3 Å². The van der Waals surface area contributed by atoms with Crippen molar-refractivity contribution in [1.82, 2.24) is 0 Å². The lowest BCUT2D eigenvalue weighted by molar-refractivity contribution is 0.270. The number of aliphatic imine (C=N–C) groups is 1. The first-order valence-electron chi connectivity index (χ1n) is 4.90. The number of rotatable bonds is 4. The highest BCUT2D eigenvalue weighted by Gasteiger charge is 2.23. The molecule has 0 spiro atoms. The lowest BCUT2D eigenvalue weighted by atomic mass is 10.3. The van der Waals surface area contributed by atoms with Crippen LogP contribution in [0.1, 0.15) is 12.8 Å². The van der Waals surface area contributed by atoms with E-state index in [0.717, 1.165) is 25.0 Å². The van der Waals surface area contributed by atoms with Gasteiger partial charge in [0, 0.05) is 12.1 Å². The molecule has 0 saturated heterocycles. The molecule has 0 aliphatic heterocycles. The number of nitrogens with zero attached hydrogens (tertiary/aromatic N) is 1. The molecule has 1 aromatic carbocycles. The summed E-state index contributed by atoms with van der Waals surface area (Å²) in [5, 5.41) is 0. The third kappa shape index (κ3) is 2.44. The minimum absolute atomic E-state index is 0.108. The lowest BCUT2D eigenvalue weighted by Crippen LogP contribution is -2.02. The smallest absolute Gasteiger partial charge is 0.240 e. The average molecular weight is 225 g/mol. The molecule has 0 amide bonds. The molecule has 3 nitrogen and oxygen atoms in total. The first-order chi connectivity index (χ1) is 7.70. The Labute approximate surface area is 90.8 Å². The maximum Gasteiger partial charge on any atom is 0.240 e. The highest BCUT2D eigenvalue weighted by atomic mass is 19.1. The fraction of sp³-hybridized carbons (Fsp3) is 0.364. The monoisotopic (exact) mass is 225 g/mol. The summed E-state index contributed by atoms with van der Waals surface area (Å²) in [4.78, 5) is 13.1. The fourth-order valence-corrected chi connectivity index (χ4v) is 1.29. The molecule has 0 atom stereocenters. The van der Waals surface area contributed by atoms with Gasteiger partial charge in [0.25, 0.3) is 0 Å². The van der Waals surface area contributed by atoms with Crippen LogP contribution in [0.15, 0.2) is 17.1 Å². The minimum atomic E-state index is -0.852. The summed E-state index contributed by atoms with van der Waals surface area (Å²) in [5.41, 5.74) is -0.108. The molecule has 1 aliphatic carbocycles. The van der Waals surface area contributed by atoms with Gasteiger partial charge in [-0.05, 0) is 18.8 Å². The number of isocyanates is 1. The van der Waals surface area contributed by atoms with Crippen LogP contribution in [-0.2, 0) is 4.79 Å². The van der Waals surface area contributed by atoms with E-state index in [0.29, 0.717) is 12.5 Å². The first kappa shape index (κ1) is 10.8. The van der Waals surface area contributed by atoms with Crippen molar-refractivity contribution in [2.24, 2.45) is 10.9 Å². The van der Waals surface area contributed by atoms with Gasteiger partial charge >= 0.3 is 0 Å². The second-order valence-corrected chi connectivity index (χ2v) is 3.70. The zero-order valence-corrected chi connectivity index (χ0v) is 8.37. The number of hydrogen-bond donors (Lipinski definition) is 0.